The molecule has 1 heterocycles. The summed E-state index contributed by atoms with van der Waals surface area (Å²) in [6.07, 6.45) is 0.985. The second kappa shape index (κ2) is 5.80. The normalized spacial score (nSPS) is 21.9. The molecule has 1 aliphatic rings. The Morgan fingerprint density at radius 1 is 1.24 bits per heavy atom. The molecule has 2 rings (SSSR count). The maximum atomic E-state index is 12.4. The van der Waals surface area contributed by atoms with Crippen molar-refractivity contribution in [3.05, 3.63) is 35.4 Å². The van der Waals surface area contributed by atoms with E-state index in [2.05, 4.69) is 57.4 Å². The van der Waals surface area contributed by atoms with E-state index < -0.39 is 0 Å². The number of carbonyl (C=O) groups is 1. The van der Waals surface area contributed by atoms with Gasteiger partial charge in [-0.25, -0.2) is 0 Å². The fourth-order valence-electron chi connectivity index (χ4n) is 2.80. The van der Waals surface area contributed by atoms with E-state index in [1.165, 1.54) is 5.56 Å². The zero-order valence-electron chi connectivity index (χ0n) is 13.9. The first-order valence-corrected chi connectivity index (χ1v) is 7.82. The lowest BCUT2D eigenvalue weighted by Crippen LogP contribution is -2.54. The van der Waals surface area contributed by atoms with Crippen molar-refractivity contribution < 1.29 is 4.79 Å². The van der Waals surface area contributed by atoms with E-state index in [-0.39, 0.29) is 22.8 Å². The highest BCUT2D eigenvalue weighted by atomic mass is 16.1. The molecule has 0 spiro atoms. The highest BCUT2D eigenvalue weighted by Crippen LogP contribution is 2.26. The minimum Gasteiger partial charge on any atom is -0.349 e. The van der Waals surface area contributed by atoms with Gasteiger partial charge in [0.1, 0.15) is 0 Å². The van der Waals surface area contributed by atoms with E-state index in [1.54, 1.807) is 0 Å². The van der Waals surface area contributed by atoms with E-state index in [9.17, 15) is 4.79 Å². The molecule has 1 unspecified atom stereocenters. The van der Waals surface area contributed by atoms with Crippen LogP contribution in [0.25, 0.3) is 0 Å². The van der Waals surface area contributed by atoms with E-state index in [0.717, 1.165) is 25.1 Å². The Bertz CT molecular complexity index is 497. The summed E-state index contributed by atoms with van der Waals surface area (Å²) >= 11 is 0. The molecule has 1 aromatic rings. The number of hydrogen-bond donors (Lipinski definition) is 2. The molecule has 1 amide bonds. The van der Waals surface area contributed by atoms with Crippen LogP contribution in [0.2, 0.25) is 0 Å². The van der Waals surface area contributed by atoms with Crippen molar-refractivity contribution in [3.63, 3.8) is 0 Å². The molecular weight excluding hydrogens is 260 g/mol. The third-order valence-electron chi connectivity index (χ3n) is 4.45. The van der Waals surface area contributed by atoms with Crippen LogP contribution >= 0.6 is 0 Å². The fraction of sp³-hybridized carbons (Fsp3) is 0.611. The monoisotopic (exact) mass is 288 g/mol. The average molecular weight is 288 g/mol. The first-order chi connectivity index (χ1) is 9.70. The van der Waals surface area contributed by atoms with Gasteiger partial charge >= 0.3 is 0 Å². The fourth-order valence-corrected chi connectivity index (χ4v) is 2.80. The van der Waals surface area contributed by atoms with Gasteiger partial charge < -0.3 is 10.6 Å². The Morgan fingerprint density at radius 3 is 2.38 bits per heavy atom. The van der Waals surface area contributed by atoms with Gasteiger partial charge in [0.05, 0.1) is 0 Å². The van der Waals surface area contributed by atoms with Crippen molar-refractivity contribution in [1.29, 1.82) is 0 Å². The second-order valence-electron chi connectivity index (χ2n) is 7.81. The van der Waals surface area contributed by atoms with E-state index in [4.69, 9.17) is 0 Å². The average Bonchev–Trinajstić information content (AvgIpc) is 2.40. The number of benzene rings is 1. The molecule has 3 heteroatoms. The standard InChI is InChI=1S/C18H28N2O/c1-17(2,3)14-8-6-13(7-9-14)16(21)20-15-10-11-19-12-18(15,4)5/h6-9,15,19H,10-12H2,1-5H3,(H,20,21). The zero-order chi connectivity index (χ0) is 15.7. The van der Waals surface area contributed by atoms with Gasteiger partial charge in [-0.1, -0.05) is 46.8 Å². The molecule has 116 valence electrons. The molecule has 0 radical (unpaired) electrons. The first-order valence-electron chi connectivity index (χ1n) is 7.82. The molecule has 1 atom stereocenters. The Kier molecular flexibility index (Phi) is 4.43. The van der Waals surface area contributed by atoms with Crippen LogP contribution in [-0.4, -0.2) is 25.0 Å². The molecule has 0 aromatic heterocycles. The third kappa shape index (κ3) is 3.85. The van der Waals surface area contributed by atoms with Crippen molar-refractivity contribution in [3.8, 4) is 0 Å². The molecule has 0 bridgehead atoms. The smallest absolute Gasteiger partial charge is 0.251 e. The summed E-state index contributed by atoms with van der Waals surface area (Å²) in [5.41, 5.74) is 2.21. The summed E-state index contributed by atoms with van der Waals surface area (Å²) < 4.78 is 0. The number of nitrogens with one attached hydrogen (secondary N) is 2. The van der Waals surface area contributed by atoms with Crippen LogP contribution in [0.15, 0.2) is 24.3 Å². The molecule has 1 saturated heterocycles. The Morgan fingerprint density at radius 2 is 1.86 bits per heavy atom. The SMILES string of the molecule is CC(C)(C)c1ccc(C(=O)NC2CCNCC2(C)C)cc1. The molecule has 3 nitrogen and oxygen atoms in total. The van der Waals surface area contributed by atoms with E-state index in [0.29, 0.717) is 0 Å². The maximum absolute atomic E-state index is 12.4. The highest BCUT2D eigenvalue weighted by molar-refractivity contribution is 5.94. The van der Waals surface area contributed by atoms with Gasteiger partial charge in [-0.15, -0.1) is 0 Å². The quantitative estimate of drug-likeness (QED) is 0.878. The van der Waals surface area contributed by atoms with Gasteiger partial charge in [-0.05, 0) is 41.5 Å². The van der Waals surface area contributed by atoms with Crippen molar-refractivity contribution >= 4 is 5.91 Å². The number of hydrogen-bond acceptors (Lipinski definition) is 2. The lowest BCUT2D eigenvalue weighted by atomic mass is 9.80. The predicted molar refractivity (Wildman–Crippen MR) is 87.7 cm³/mol. The van der Waals surface area contributed by atoms with Gasteiger partial charge in [-0.3, -0.25) is 4.79 Å². The van der Waals surface area contributed by atoms with Gasteiger partial charge in [0.2, 0.25) is 0 Å². The van der Waals surface area contributed by atoms with Crippen molar-refractivity contribution in [2.75, 3.05) is 13.1 Å². The van der Waals surface area contributed by atoms with Gasteiger partial charge in [0, 0.05) is 18.2 Å². The van der Waals surface area contributed by atoms with E-state index >= 15 is 0 Å². The van der Waals surface area contributed by atoms with Crippen LogP contribution in [-0.2, 0) is 5.41 Å². The van der Waals surface area contributed by atoms with Gasteiger partial charge in [0.15, 0.2) is 0 Å². The summed E-state index contributed by atoms with van der Waals surface area (Å²) in [6.45, 7) is 12.9. The molecule has 0 aliphatic carbocycles. The van der Waals surface area contributed by atoms with Crippen molar-refractivity contribution in [2.24, 2.45) is 5.41 Å². The van der Waals surface area contributed by atoms with Crippen LogP contribution in [0.5, 0.6) is 0 Å². The van der Waals surface area contributed by atoms with Crippen molar-refractivity contribution in [1.82, 2.24) is 10.6 Å². The molecular formula is C18H28N2O. The highest BCUT2D eigenvalue weighted by Gasteiger charge is 2.33. The third-order valence-corrected chi connectivity index (χ3v) is 4.45. The van der Waals surface area contributed by atoms with Crippen LogP contribution in [0.3, 0.4) is 0 Å². The van der Waals surface area contributed by atoms with Crippen LogP contribution in [0.4, 0.5) is 0 Å². The summed E-state index contributed by atoms with van der Waals surface area (Å²) in [5, 5.41) is 6.60. The Balaban J connectivity index is 2.07. The predicted octanol–water partition coefficient (Wildman–Crippen LogP) is 3.10. The topological polar surface area (TPSA) is 41.1 Å². The van der Waals surface area contributed by atoms with Gasteiger partial charge in [0.25, 0.3) is 5.91 Å². The number of piperidine rings is 1. The molecule has 2 N–H and O–H groups in total. The summed E-state index contributed by atoms with van der Waals surface area (Å²) in [5.74, 6) is 0.0374. The summed E-state index contributed by atoms with van der Waals surface area (Å²) in [7, 11) is 0. The van der Waals surface area contributed by atoms with Gasteiger partial charge in [-0.2, -0.15) is 0 Å². The largest absolute Gasteiger partial charge is 0.349 e. The first kappa shape index (κ1) is 16.0. The molecule has 1 aromatic carbocycles. The Labute approximate surface area is 128 Å². The summed E-state index contributed by atoms with van der Waals surface area (Å²) in [6, 6.07) is 8.22. The molecule has 1 aliphatic heterocycles. The minimum absolute atomic E-state index is 0.0374. The summed E-state index contributed by atoms with van der Waals surface area (Å²) in [4.78, 5) is 12.4. The van der Waals surface area contributed by atoms with Crippen molar-refractivity contribution in [2.45, 2.75) is 52.5 Å². The zero-order valence-corrected chi connectivity index (χ0v) is 13.9. The lowest BCUT2D eigenvalue weighted by molar-refractivity contribution is 0.0868. The number of amides is 1. The minimum atomic E-state index is 0.0374. The molecule has 21 heavy (non-hydrogen) atoms. The van der Waals surface area contributed by atoms with E-state index in [1.807, 2.05) is 12.1 Å². The maximum Gasteiger partial charge on any atom is 0.251 e. The molecule has 1 fully saturated rings. The second-order valence-corrected chi connectivity index (χ2v) is 7.81. The Hall–Kier alpha value is -1.35. The molecule has 0 saturated carbocycles. The lowest BCUT2D eigenvalue weighted by Gasteiger charge is -2.39. The number of rotatable bonds is 2. The van der Waals surface area contributed by atoms with Crippen LogP contribution in [0, 0.1) is 5.41 Å². The number of carbonyl (C=O) groups excluding carboxylic acids is 1. The van der Waals surface area contributed by atoms with Crippen LogP contribution in [0.1, 0.15) is 57.0 Å². The van der Waals surface area contributed by atoms with Crippen LogP contribution < -0.4 is 10.6 Å².